The molecule has 0 saturated carbocycles. The van der Waals surface area contributed by atoms with Crippen LogP contribution in [0.4, 0.5) is 22.0 Å². The molecule has 0 unspecified atom stereocenters. The van der Waals surface area contributed by atoms with Crippen LogP contribution in [0.15, 0.2) is 12.8 Å². The predicted octanol–water partition coefficient (Wildman–Crippen LogP) is 2.34. The van der Waals surface area contributed by atoms with Crippen LogP contribution in [0.3, 0.4) is 0 Å². The summed E-state index contributed by atoms with van der Waals surface area (Å²) in [7, 11) is 0. The van der Waals surface area contributed by atoms with Gasteiger partial charge in [0.2, 0.25) is 0 Å². The minimum atomic E-state index is -5.56. The largest absolute Gasteiger partial charge is 0.495 e. The predicted molar refractivity (Wildman–Crippen MR) is 27.2 cm³/mol. The first-order chi connectivity index (χ1) is 4.81. The zero-order valence-corrected chi connectivity index (χ0v) is 5.29. The van der Waals surface area contributed by atoms with Crippen LogP contribution in [0.25, 0.3) is 0 Å². The Morgan fingerprint density at radius 3 is 1.91 bits per heavy atom. The molecule has 0 spiro atoms. The molecule has 0 aromatic rings. The molecule has 0 N–H and O–H groups in total. The van der Waals surface area contributed by atoms with Gasteiger partial charge < -0.3 is 4.74 Å². The highest BCUT2D eigenvalue weighted by molar-refractivity contribution is 4.75. The monoisotopic (exact) mass is 176 g/mol. The second-order valence-corrected chi connectivity index (χ2v) is 1.68. The molecule has 0 heterocycles. The van der Waals surface area contributed by atoms with E-state index in [2.05, 4.69) is 11.3 Å². The van der Waals surface area contributed by atoms with Gasteiger partial charge in [0.15, 0.2) is 6.61 Å². The number of ether oxygens (including phenoxy) is 1. The third-order valence-electron chi connectivity index (χ3n) is 0.797. The number of rotatable bonds is 3. The molecule has 11 heavy (non-hydrogen) atoms. The average molecular weight is 176 g/mol. The first kappa shape index (κ1) is 10.2. The molecular weight excluding hydrogens is 171 g/mol. The van der Waals surface area contributed by atoms with E-state index < -0.39 is 18.7 Å². The Morgan fingerprint density at radius 1 is 1.18 bits per heavy atom. The standard InChI is InChI=1S/C5H5F5O/c1-2-11-3-4(6,7)5(8,9)10/h2H,1,3H2. The van der Waals surface area contributed by atoms with Gasteiger partial charge in [-0.25, -0.2) is 0 Å². The van der Waals surface area contributed by atoms with Gasteiger partial charge in [0.1, 0.15) is 0 Å². The first-order valence-electron chi connectivity index (χ1n) is 2.48. The molecule has 66 valence electrons. The van der Waals surface area contributed by atoms with Gasteiger partial charge in [0.05, 0.1) is 6.26 Å². The van der Waals surface area contributed by atoms with Crippen molar-refractivity contribution in [2.45, 2.75) is 12.1 Å². The van der Waals surface area contributed by atoms with Crippen LogP contribution >= 0.6 is 0 Å². The van der Waals surface area contributed by atoms with E-state index in [-0.39, 0.29) is 0 Å². The fraction of sp³-hybridized carbons (Fsp3) is 0.600. The number of hydrogen-bond donors (Lipinski definition) is 0. The molecule has 0 aliphatic rings. The van der Waals surface area contributed by atoms with Crippen LogP contribution in [-0.4, -0.2) is 18.7 Å². The Labute approximate surface area is 59.5 Å². The van der Waals surface area contributed by atoms with E-state index >= 15 is 0 Å². The molecule has 0 bridgehead atoms. The SMILES string of the molecule is C=COCC(F)(F)C(F)(F)F. The summed E-state index contributed by atoms with van der Waals surface area (Å²) in [4.78, 5) is 0. The molecule has 0 aliphatic carbocycles. The average Bonchev–Trinajstić information content (AvgIpc) is 1.81. The zero-order valence-electron chi connectivity index (χ0n) is 5.29. The molecule has 0 aromatic heterocycles. The van der Waals surface area contributed by atoms with Gasteiger partial charge in [-0.3, -0.25) is 0 Å². The Kier molecular flexibility index (Phi) is 2.84. The van der Waals surface area contributed by atoms with Crippen molar-refractivity contribution in [3.63, 3.8) is 0 Å². The van der Waals surface area contributed by atoms with Crippen LogP contribution in [0.5, 0.6) is 0 Å². The van der Waals surface area contributed by atoms with Crippen LogP contribution < -0.4 is 0 Å². The maximum atomic E-state index is 11.8. The Morgan fingerprint density at radius 2 is 1.64 bits per heavy atom. The van der Waals surface area contributed by atoms with Crippen LogP contribution in [0, 0.1) is 0 Å². The van der Waals surface area contributed by atoms with E-state index in [0.29, 0.717) is 6.26 Å². The van der Waals surface area contributed by atoms with Gasteiger partial charge in [-0.15, -0.1) is 0 Å². The fourth-order valence-corrected chi connectivity index (χ4v) is 0.245. The lowest BCUT2D eigenvalue weighted by Gasteiger charge is -2.18. The minimum absolute atomic E-state index is 0.527. The van der Waals surface area contributed by atoms with Crippen molar-refractivity contribution in [2.75, 3.05) is 6.61 Å². The summed E-state index contributed by atoms with van der Waals surface area (Å²) in [5.74, 6) is -4.80. The quantitative estimate of drug-likeness (QED) is 0.473. The van der Waals surface area contributed by atoms with Gasteiger partial charge in [-0.2, -0.15) is 22.0 Å². The second-order valence-electron chi connectivity index (χ2n) is 1.68. The molecule has 0 amide bonds. The van der Waals surface area contributed by atoms with Crippen molar-refractivity contribution in [3.05, 3.63) is 12.8 Å². The van der Waals surface area contributed by atoms with E-state index in [1.165, 1.54) is 0 Å². The van der Waals surface area contributed by atoms with E-state index in [1.54, 1.807) is 0 Å². The van der Waals surface area contributed by atoms with Crippen molar-refractivity contribution in [3.8, 4) is 0 Å². The third-order valence-corrected chi connectivity index (χ3v) is 0.797. The topological polar surface area (TPSA) is 9.23 Å². The van der Waals surface area contributed by atoms with E-state index in [1.807, 2.05) is 0 Å². The normalized spacial score (nSPS) is 12.8. The smallest absolute Gasteiger partial charge is 0.456 e. The van der Waals surface area contributed by atoms with Crippen molar-refractivity contribution in [2.24, 2.45) is 0 Å². The summed E-state index contributed by atoms with van der Waals surface area (Å²) in [5, 5.41) is 0. The molecule has 1 nitrogen and oxygen atoms in total. The minimum Gasteiger partial charge on any atom is -0.495 e. The van der Waals surface area contributed by atoms with E-state index in [9.17, 15) is 22.0 Å². The van der Waals surface area contributed by atoms with Gasteiger partial charge in [-0.05, 0) is 0 Å². The Balaban J connectivity index is 4.10. The van der Waals surface area contributed by atoms with Crippen molar-refractivity contribution >= 4 is 0 Å². The molecule has 6 heteroatoms. The lowest BCUT2D eigenvalue weighted by atomic mass is 10.3. The number of hydrogen-bond acceptors (Lipinski definition) is 1. The lowest BCUT2D eigenvalue weighted by Crippen LogP contribution is -2.40. The van der Waals surface area contributed by atoms with Crippen LogP contribution in [-0.2, 0) is 4.74 Å². The molecule has 0 fully saturated rings. The summed E-state index contributed by atoms with van der Waals surface area (Å²) >= 11 is 0. The van der Waals surface area contributed by atoms with E-state index in [0.717, 1.165) is 0 Å². The summed E-state index contributed by atoms with van der Waals surface area (Å²) in [6, 6.07) is 0. The Bertz CT molecular complexity index is 138. The molecular formula is C5H5F5O. The van der Waals surface area contributed by atoms with Gasteiger partial charge in [0.25, 0.3) is 0 Å². The highest BCUT2D eigenvalue weighted by Crippen LogP contribution is 2.35. The first-order valence-corrected chi connectivity index (χ1v) is 2.48. The van der Waals surface area contributed by atoms with E-state index in [4.69, 9.17) is 0 Å². The van der Waals surface area contributed by atoms with Gasteiger partial charge >= 0.3 is 12.1 Å². The highest BCUT2D eigenvalue weighted by Gasteiger charge is 2.58. The molecule has 0 saturated heterocycles. The van der Waals surface area contributed by atoms with Gasteiger partial charge in [-0.1, -0.05) is 6.58 Å². The molecule has 0 aromatic carbocycles. The number of alkyl halides is 5. The van der Waals surface area contributed by atoms with Crippen LogP contribution in [0.2, 0.25) is 0 Å². The van der Waals surface area contributed by atoms with Gasteiger partial charge in [0, 0.05) is 0 Å². The van der Waals surface area contributed by atoms with Crippen LogP contribution in [0.1, 0.15) is 0 Å². The van der Waals surface area contributed by atoms with Crippen molar-refractivity contribution < 1.29 is 26.7 Å². The molecule has 0 radical (unpaired) electrons. The molecule has 0 aliphatic heterocycles. The maximum absolute atomic E-state index is 11.8. The zero-order chi connectivity index (χ0) is 9.12. The molecule has 0 rings (SSSR count). The van der Waals surface area contributed by atoms with Crippen molar-refractivity contribution in [1.82, 2.24) is 0 Å². The second kappa shape index (κ2) is 3.06. The summed E-state index contributed by atoms with van der Waals surface area (Å²) in [5.41, 5.74) is 0. The third kappa shape index (κ3) is 2.73. The fourth-order valence-electron chi connectivity index (χ4n) is 0.245. The summed E-state index contributed by atoms with van der Waals surface area (Å²) < 4.78 is 61.2. The summed E-state index contributed by atoms with van der Waals surface area (Å²) in [6.45, 7) is 1.10. The van der Waals surface area contributed by atoms with Crippen molar-refractivity contribution in [1.29, 1.82) is 0 Å². The maximum Gasteiger partial charge on any atom is 0.456 e. The molecule has 0 atom stereocenters. The number of halogens is 5. The summed E-state index contributed by atoms with van der Waals surface area (Å²) in [6.07, 6.45) is -5.03. The lowest BCUT2D eigenvalue weighted by molar-refractivity contribution is -0.292. The Hall–Kier alpha value is -0.810. The highest BCUT2D eigenvalue weighted by atomic mass is 19.4.